The second kappa shape index (κ2) is 11.3. The molecule has 0 saturated carbocycles. The van der Waals surface area contributed by atoms with Gasteiger partial charge < -0.3 is 4.90 Å². The molecule has 1 heteroatoms. The van der Waals surface area contributed by atoms with Crippen molar-refractivity contribution in [2.24, 2.45) is 0 Å². The molecule has 0 fully saturated rings. The van der Waals surface area contributed by atoms with Crippen molar-refractivity contribution in [2.75, 3.05) is 4.90 Å². The van der Waals surface area contributed by atoms with E-state index in [0.29, 0.717) is 0 Å². The first-order valence-electron chi connectivity index (χ1n) is 16.2. The first-order chi connectivity index (χ1) is 23.3. The Morgan fingerprint density at radius 1 is 0.234 bits per heavy atom. The minimum atomic E-state index is 1.12. The molecular formula is C46H31N. The van der Waals surface area contributed by atoms with Crippen molar-refractivity contribution in [1.29, 1.82) is 0 Å². The van der Waals surface area contributed by atoms with Crippen molar-refractivity contribution in [3.8, 4) is 22.3 Å². The molecule has 0 spiro atoms. The van der Waals surface area contributed by atoms with E-state index in [1.54, 1.807) is 0 Å². The lowest BCUT2D eigenvalue weighted by Crippen LogP contribution is -2.10. The zero-order valence-corrected chi connectivity index (χ0v) is 25.8. The van der Waals surface area contributed by atoms with Crippen LogP contribution in [0.1, 0.15) is 0 Å². The average Bonchev–Trinajstić information content (AvgIpc) is 3.15. The highest BCUT2D eigenvalue weighted by atomic mass is 15.1. The molecule has 0 saturated heterocycles. The number of anilines is 3. The van der Waals surface area contributed by atoms with Gasteiger partial charge in [0, 0.05) is 17.1 Å². The molecule has 0 atom stereocenters. The van der Waals surface area contributed by atoms with E-state index in [-0.39, 0.29) is 0 Å². The third-order valence-electron chi connectivity index (χ3n) is 9.41. The highest BCUT2D eigenvalue weighted by molar-refractivity contribution is 6.17. The molecule has 9 aromatic rings. The molecule has 0 radical (unpaired) electrons. The van der Waals surface area contributed by atoms with Crippen LogP contribution in [0, 0.1) is 0 Å². The summed E-state index contributed by atoms with van der Waals surface area (Å²) in [5.74, 6) is 0. The summed E-state index contributed by atoms with van der Waals surface area (Å²) in [5.41, 5.74) is 8.18. The first kappa shape index (κ1) is 27.2. The van der Waals surface area contributed by atoms with Crippen molar-refractivity contribution in [3.05, 3.63) is 188 Å². The normalized spacial score (nSPS) is 11.4. The number of hydrogen-bond acceptors (Lipinski definition) is 1. The van der Waals surface area contributed by atoms with Gasteiger partial charge in [-0.1, -0.05) is 146 Å². The molecule has 0 amide bonds. The Balaban J connectivity index is 1.21. The molecule has 220 valence electrons. The van der Waals surface area contributed by atoms with Crippen LogP contribution < -0.4 is 4.90 Å². The Bertz CT molecular complexity index is 2560. The summed E-state index contributed by atoms with van der Waals surface area (Å²) in [6.45, 7) is 0. The fraction of sp³-hybridized carbons (Fsp3) is 0. The molecule has 0 bridgehead atoms. The van der Waals surface area contributed by atoms with Gasteiger partial charge in [0.05, 0.1) is 0 Å². The predicted octanol–water partition coefficient (Wildman–Crippen LogP) is 13.1. The summed E-state index contributed by atoms with van der Waals surface area (Å²) >= 11 is 0. The molecule has 0 aliphatic carbocycles. The number of fused-ring (bicyclic) bond motifs is 6. The molecule has 0 N–H and O–H groups in total. The smallest absolute Gasteiger partial charge is 0.0468 e. The van der Waals surface area contributed by atoms with E-state index in [9.17, 15) is 0 Å². The van der Waals surface area contributed by atoms with E-state index in [0.717, 1.165) is 17.1 Å². The summed E-state index contributed by atoms with van der Waals surface area (Å²) in [5, 5.41) is 10.1. The van der Waals surface area contributed by atoms with Gasteiger partial charge in [-0.3, -0.25) is 0 Å². The lowest BCUT2D eigenvalue weighted by Gasteiger charge is -2.27. The van der Waals surface area contributed by atoms with Crippen LogP contribution in [0.4, 0.5) is 17.1 Å². The predicted molar refractivity (Wildman–Crippen MR) is 202 cm³/mol. The van der Waals surface area contributed by atoms with E-state index in [2.05, 4.69) is 193 Å². The van der Waals surface area contributed by atoms with Crippen LogP contribution in [0.15, 0.2) is 188 Å². The van der Waals surface area contributed by atoms with Gasteiger partial charge in [-0.05, 0) is 108 Å². The van der Waals surface area contributed by atoms with Crippen molar-refractivity contribution >= 4 is 60.2 Å². The summed E-state index contributed by atoms with van der Waals surface area (Å²) in [7, 11) is 0. The van der Waals surface area contributed by atoms with Gasteiger partial charge in [0.2, 0.25) is 0 Å². The summed E-state index contributed by atoms with van der Waals surface area (Å²) in [4.78, 5) is 2.38. The Morgan fingerprint density at radius 3 is 1.60 bits per heavy atom. The fourth-order valence-corrected chi connectivity index (χ4v) is 7.02. The molecule has 9 aromatic carbocycles. The lowest BCUT2D eigenvalue weighted by atomic mass is 9.96. The zero-order chi connectivity index (χ0) is 31.2. The molecule has 0 unspecified atom stereocenters. The summed E-state index contributed by atoms with van der Waals surface area (Å²) in [6.07, 6.45) is 0. The van der Waals surface area contributed by atoms with Crippen LogP contribution in [0.3, 0.4) is 0 Å². The van der Waals surface area contributed by atoms with E-state index < -0.39 is 0 Å². The minimum Gasteiger partial charge on any atom is -0.310 e. The van der Waals surface area contributed by atoms with Crippen LogP contribution in [-0.2, 0) is 0 Å². The second-order valence-corrected chi connectivity index (χ2v) is 12.2. The first-order valence-corrected chi connectivity index (χ1v) is 16.2. The highest BCUT2D eigenvalue weighted by Gasteiger charge is 2.16. The third kappa shape index (κ3) is 4.90. The molecular weight excluding hydrogens is 567 g/mol. The van der Waals surface area contributed by atoms with Crippen molar-refractivity contribution < 1.29 is 0 Å². The maximum absolute atomic E-state index is 2.38. The van der Waals surface area contributed by atoms with Crippen LogP contribution in [-0.4, -0.2) is 0 Å². The van der Waals surface area contributed by atoms with Crippen molar-refractivity contribution in [3.63, 3.8) is 0 Å². The number of nitrogens with zero attached hydrogens (tertiary/aromatic N) is 1. The Morgan fingerprint density at radius 2 is 0.766 bits per heavy atom. The Hall–Kier alpha value is -6.18. The van der Waals surface area contributed by atoms with E-state index >= 15 is 0 Å². The van der Waals surface area contributed by atoms with Gasteiger partial charge in [-0.15, -0.1) is 0 Å². The van der Waals surface area contributed by atoms with Gasteiger partial charge in [-0.2, -0.15) is 0 Å². The second-order valence-electron chi connectivity index (χ2n) is 12.2. The van der Waals surface area contributed by atoms with Crippen LogP contribution in [0.2, 0.25) is 0 Å². The molecule has 0 aliphatic rings. The van der Waals surface area contributed by atoms with Gasteiger partial charge in [-0.25, -0.2) is 0 Å². The quantitative estimate of drug-likeness (QED) is 0.178. The summed E-state index contributed by atoms with van der Waals surface area (Å²) < 4.78 is 0. The topological polar surface area (TPSA) is 3.24 Å². The van der Waals surface area contributed by atoms with E-state index in [1.807, 2.05) is 0 Å². The van der Waals surface area contributed by atoms with Crippen molar-refractivity contribution in [1.82, 2.24) is 0 Å². The number of benzene rings is 9. The van der Waals surface area contributed by atoms with Crippen LogP contribution in [0.25, 0.3) is 65.3 Å². The zero-order valence-electron chi connectivity index (χ0n) is 25.8. The molecule has 47 heavy (non-hydrogen) atoms. The average molecular weight is 598 g/mol. The SMILES string of the molecule is c1ccc(-c2cccc(N(c3ccc(-c4ccc5ccccc5c4)cc3)c3ccc4ccc5c6ccccc6ccc5c4c3)c2)cc1. The maximum Gasteiger partial charge on any atom is 0.0468 e. The maximum atomic E-state index is 2.38. The molecule has 9 rings (SSSR count). The van der Waals surface area contributed by atoms with Crippen LogP contribution >= 0.6 is 0 Å². The molecule has 1 nitrogen and oxygen atoms in total. The van der Waals surface area contributed by atoms with Gasteiger partial charge in [0.1, 0.15) is 0 Å². The molecule has 0 aromatic heterocycles. The van der Waals surface area contributed by atoms with Crippen molar-refractivity contribution in [2.45, 2.75) is 0 Å². The monoisotopic (exact) mass is 597 g/mol. The Labute approximate surface area is 274 Å². The van der Waals surface area contributed by atoms with Gasteiger partial charge >= 0.3 is 0 Å². The van der Waals surface area contributed by atoms with E-state index in [1.165, 1.54) is 65.3 Å². The molecule has 0 aliphatic heterocycles. The Kier molecular flexibility index (Phi) is 6.54. The van der Waals surface area contributed by atoms with E-state index in [4.69, 9.17) is 0 Å². The lowest BCUT2D eigenvalue weighted by molar-refractivity contribution is 1.29. The largest absolute Gasteiger partial charge is 0.310 e. The van der Waals surface area contributed by atoms with Crippen LogP contribution in [0.5, 0.6) is 0 Å². The standard InChI is InChI=1S/C46H31N/c1-2-9-32(10-3-1)38-14-8-15-41(30-38)47(40-24-19-34(20-25-40)39-18-17-33-11-4-5-13-37(33)29-39)42-26-21-36-23-27-44-43-16-7-6-12-35(43)22-28-45(44)46(36)31-42/h1-31H. The summed E-state index contributed by atoms with van der Waals surface area (Å²) in [6, 6.07) is 68.3. The minimum absolute atomic E-state index is 1.12. The highest BCUT2D eigenvalue weighted by Crippen LogP contribution is 2.40. The fourth-order valence-electron chi connectivity index (χ4n) is 7.02. The number of hydrogen-bond donors (Lipinski definition) is 0. The van der Waals surface area contributed by atoms with Gasteiger partial charge in [0.15, 0.2) is 0 Å². The third-order valence-corrected chi connectivity index (χ3v) is 9.41. The molecule has 0 heterocycles. The number of rotatable bonds is 5. The van der Waals surface area contributed by atoms with Gasteiger partial charge in [0.25, 0.3) is 0 Å².